The van der Waals surface area contributed by atoms with Crippen molar-refractivity contribution in [3.05, 3.63) is 59.7 Å². The van der Waals surface area contributed by atoms with E-state index < -0.39 is 41.1 Å². The Hall–Kier alpha value is -3.20. The number of para-hydroxylation sites is 1. The molecule has 0 aliphatic rings. The number of phenolic OH excluding ortho intramolecular Hbond substituents is 1. The number of aryl methyl sites for hydroxylation is 1. The number of rotatable bonds is 9. The van der Waals surface area contributed by atoms with E-state index in [1.165, 1.54) is 17.0 Å². The molecule has 0 bridgehead atoms. The molecule has 3 amide bonds. The average Bonchev–Trinajstić information content (AvgIpc) is 2.80. The van der Waals surface area contributed by atoms with Gasteiger partial charge in [-0.15, -0.1) is 0 Å². The zero-order valence-corrected chi connectivity index (χ0v) is 24.4. The van der Waals surface area contributed by atoms with Crippen molar-refractivity contribution in [2.75, 3.05) is 17.3 Å². The predicted octanol–water partition coefficient (Wildman–Crippen LogP) is 5.65. The molecule has 2 unspecified atom stereocenters. The Labute approximate surface area is 230 Å². The van der Waals surface area contributed by atoms with E-state index >= 15 is 0 Å². The van der Waals surface area contributed by atoms with Gasteiger partial charge in [0.15, 0.2) is 0 Å². The number of nitrogens with one attached hydrogen (secondary N) is 2. The van der Waals surface area contributed by atoms with Crippen LogP contribution < -0.4 is 10.6 Å². The normalized spacial score (nSPS) is 13.3. The van der Waals surface area contributed by atoms with Gasteiger partial charge in [-0.05, 0) is 96.2 Å². The Morgan fingerprint density at radius 2 is 1.61 bits per heavy atom. The number of benzene rings is 2. The molecule has 9 heteroatoms. The summed E-state index contributed by atoms with van der Waals surface area (Å²) in [7, 11) is 0. The number of hydrogen-bond donors (Lipinski definition) is 3. The van der Waals surface area contributed by atoms with Gasteiger partial charge in [0.05, 0.1) is 0 Å². The van der Waals surface area contributed by atoms with Crippen molar-refractivity contribution in [2.24, 2.45) is 0 Å². The minimum absolute atomic E-state index is 0.0462. The van der Waals surface area contributed by atoms with Crippen molar-refractivity contribution in [1.29, 1.82) is 0 Å². The standard InChI is InChI=1S/C29H41N3O5S/c1-19-11-9-10-12-22(19)30-25(34)24(20-13-15-21(33)16-14-20)32(28(2,3)4)26(35)23(17-18-38-8)31-27(36)37-29(5,6)7/h9-16,23-24,33H,17-18H2,1-8H3,(H,30,34)(H,31,36). The summed E-state index contributed by atoms with van der Waals surface area (Å²) in [5.74, 6) is -0.154. The summed E-state index contributed by atoms with van der Waals surface area (Å²) in [6.07, 6.45) is 1.58. The molecule has 0 aliphatic heterocycles. The molecule has 0 saturated carbocycles. The van der Waals surface area contributed by atoms with Crippen molar-refractivity contribution >= 4 is 35.4 Å². The Morgan fingerprint density at radius 1 is 1.00 bits per heavy atom. The first-order valence-electron chi connectivity index (χ1n) is 12.6. The van der Waals surface area contributed by atoms with Crippen LogP contribution in [-0.2, 0) is 14.3 Å². The number of alkyl carbamates (subject to hydrolysis) is 1. The molecule has 208 valence electrons. The molecule has 2 rings (SSSR count). The summed E-state index contributed by atoms with van der Waals surface area (Å²) >= 11 is 1.55. The smallest absolute Gasteiger partial charge is 0.408 e. The number of amides is 3. The fourth-order valence-corrected chi connectivity index (χ4v) is 4.42. The summed E-state index contributed by atoms with van der Waals surface area (Å²) < 4.78 is 5.43. The lowest BCUT2D eigenvalue weighted by atomic mass is 9.95. The topological polar surface area (TPSA) is 108 Å². The van der Waals surface area contributed by atoms with Crippen molar-refractivity contribution < 1.29 is 24.2 Å². The number of carbonyl (C=O) groups is 3. The minimum Gasteiger partial charge on any atom is -0.508 e. The molecular formula is C29H41N3O5S. The molecule has 0 spiro atoms. The van der Waals surface area contributed by atoms with Crippen LogP contribution >= 0.6 is 11.8 Å². The number of aromatic hydroxyl groups is 1. The lowest BCUT2D eigenvalue weighted by Crippen LogP contribution is -2.58. The Kier molecular flexibility index (Phi) is 10.6. The predicted molar refractivity (Wildman–Crippen MR) is 153 cm³/mol. The van der Waals surface area contributed by atoms with Crippen LogP contribution in [0.1, 0.15) is 65.1 Å². The molecule has 2 aromatic carbocycles. The van der Waals surface area contributed by atoms with Crippen molar-refractivity contribution in [3.63, 3.8) is 0 Å². The maximum atomic E-state index is 14.2. The third-order valence-corrected chi connectivity index (χ3v) is 6.32. The van der Waals surface area contributed by atoms with Crippen LogP contribution in [0.5, 0.6) is 5.75 Å². The largest absolute Gasteiger partial charge is 0.508 e. The van der Waals surface area contributed by atoms with Crippen LogP contribution in [0.3, 0.4) is 0 Å². The number of thioether (sulfide) groups is 1. The number of nitrogens with zero attached hydrogens (tertiary/aromatic N) is 1. The van der Waals surface area contributed by atoms with Crippen LogP contribution in [0.4, 0.5) is 10.5 Å². The fraction of sp³-hybridized carbons (Fsp3) is 0.483. The molecule has 0 heterocycles. The molecule has 38 heavy (non-hydrogen) atoms. The van der Waals surface area contributed by atoms with Crippen LogP contribution in [0, 0.1) is 6.92 Å². The maximum Gasteiger partial charge on any atom is 0.408 e. The van der Waals surface area contributed by atoms with E-state index in [1.807, 2.05) is 52.1 Å². The van der Waals surface area contributed by atoms with E-state index in [9.17, 15) is 19.5 Å². The highest BCUT2D eigenvalue weighted by molar-refractivity contribution is 7.98. The highest BCUT2D eigenvalue weighted by Crippen LogP contribution is 2.32. The SMILES string of the molecule is CSCCC(NC(=O)OC(C)(C)C)C(=O)N(C(C(=O)Nc1ccccc1C)c1ccc(O)cc1)C(C)(C)C. The molecule has 8 nitrogen and oxygen atoms in total. The second-order valence-corrected chi connectivity index (χ2v) is 12.1. The van der Waals surface area contributed by atoms with Crippen molar-refractivity contribution in [2.45, 2.75) is 78.1 Å². The average molecular weight is 544 g/mol. The molecule has 0 saturated heterocycles. The highest BCUT2D eigenvalue weighted by atomic mass is 32.2. The number of phenols is 1. The Bertz CT molecular complexity index is 1110. The maximum absolute atomic E-state index is 14.2. The first kappa shape index (κ1) is 31.0. The molecule has 0 radical (unpaired) electrons. The summed E-state index contributed by atoms with van der Waals surface area (Å²) in [4.78, 5) is 42.3. The van der Waals surface area contributed by atoms with Gasteiger partial charge in [0, 0.05) is 11.2 Å². The van der Waals surface area contributed by atoms with E-state index in [2.05, 4.69) is 10.6 Å². The highest BCUT2D eigenvalue weighted by Gasteiger charge is 2.42. The van der Waals surface area contributed by atoms with E-state index in [-0.39, 0.29) is 5.75 Å². The molecule has 2 atom stereocenters. The zero-order chi connectivity index (χ0) is 28.7. The first-order chi connectivity index (χ1) is 17.6. The summed E-state index contributed by atoms with van der Waals surface area (Å²) in [6.45, 7) is 12.7. The monoisotopic (exact) mass is 543 g/mol. The van der Waals surface area contributed by atoms with E-state index in [1.54, 1.807) is 50.7 Å². The van der Waals surface area contributed by atoms with Gasteiger partial charge in [0.1, 0.15) is 23.4 Å². The van der Waals surface area contributed by atoms with E-state index in [0.29, 0.717) is 23.4 Å². The lowest BCUT2D eigenvalue weighted by molar-refractivity contribution is -0.146. The minimum atomic E-state index is -1.04. The van der Waals surface area contributed by atoms with Gasteiger partial charge in [-0.3, -0.25) is 9.59 Å². The van der Waals surface area contributed by atoms with Gasteiger partial charge in [0.2, 0.25) is 5.91 Å². The van der Waals surface area contributed by atoms with Gasteiger partial charge in [-0.25, -0.2) is 4.79 Å². The zero-order valence-electron chi connectivity index (χ0n) is 23.6. The van der Waals surface area contributed by atoms with E-state index in [0.717, 1.165) is 5.56 Å². The van der Waals surface area contributed by atoms with Gasteiger partial charge >= 0.3 is 6.09 Å². The Balaban J connectivity index is 2.56. The van der Waals surface area contributed by atoms with Crippen LogP contribution in [0.2, 0.25) is 0 Å². The number of hydrogen-bond acceptors (Lipinski definition) is 6. The quantitative estimate of drug-likeness (QED) is 0.377. The number of carbonyl (C=O) groups excluding carboxylic acids is 3. The molecule has 3 N–H and O–H groups in total. The summed E-state index contributed by atoms with van der Waals surface area (Å²) in [6, 6.07) is 11.7. The van der Waals surface area contributed by atoms with Gasteiger partial charge < -0.3 is 25.4 Å². The lowest BCUT2D eigenvalue weighted by Gasteiger charge is -2.43. The molecular weight excluding hydrogens is 502 g/mol. The Morgan fingerprint density at radius 3 is 2.13 bits per heavy atom. The molecule has 0 fully saturated rings. The van der Waals surface area contributed by atoms with Crippen LogP contribution in [0.25, 0.3) is 0 Å². The van der Waals surface area contributed by atoms with Gasteiger partial charge in [-0.1, -0.05) is 30.3 Å². The second-order valence-electron chi connectivity index (χ2n) is 11.2. The summed E-state index contributed by atoms with van der Waals surface area (Å²) in [5.41, 5.74) is 0.494. The third kappa shape index (κ3) is 8.97. The van der Waals surface area contributed by atoms with Gasteiger partial charge in [-0.2, -0.15) is 11.8 Å². The molecule has 0 aromatic heterocycles. The second kappa shape index (κ2) is 13.0. The fourth-order valence-electron chi connectivity index (χ4n) is 3.94. The van der Waals surface area contributed by atoms with Crippen molar-refractivity contribution in [3.8, 4) is 5.75 Å². The number of anilines is 1. The van der Waals surface area contributed by atoms with E-state index in [4.69, 9.17) is 4.74 Å². The summed E-state index contributed by atoms with van der Waals surface area (Å²) in [5, 5.41) is 15.6. The molecule has 2 aromatic rings. The third-order valence-electron chi connectivity index (χ3n) is 5.68. The van der Waals surface area contributed by atoms with Gasteiger partial charge in [0.25, 0.3) is 5.91 Å². The van der Waals surface area contributed by atoms with Crippen molar-refractivity contribution in [1.82, 2.24) is 10.2 Å². The van der Waals surface area contributed by atoms with Crippen LogP contribution in [-0.4, -0.2) is 57.1 Å². The first-order valence-corrected chi connectivity index (χ1v) is 14.0. The molecule has 0 aliphatic carbocycles. The van der Waals surface area contributed by atoms with Crippen LogP contribution in [0.15, 0.2) is 48.5 Å². The number of ether oxygens (including phenoxy) is 1.